The molecular weight excluding hydrogens is 310 g/mol. The predicted molar refractivity (Wildman–Crippen MR) is 84.9 cm³/mol. The molecule has 0 spiro atoms. The normalized spacial score (nSPS) is 22.2. The standard InChI is InChI=1S/C17H19N3O4/c1-19-9-11(8-18-19)6-13-14(21)4-5-20(13)17(22)12-2-3-15-16(7-12)24-10-23-15/h2-3,7-9,13-14,21H,4-6,10H2,1H3/t13-,14+/m0/s1. The average molecular weight is 329 g/mol. The zero-order valence-electron chi connectivity index (χ0n) is 13.4. The smallest absolute Gasteiger partial charge is 0.254 e. The topological polar surface area (TPSA) is 76.8 Å². The Morgan fingerprint density at radius 3 is 3.00 bits per heavy atom. The van der Waals surface area contributed by atoms with E-state index in [-0.39, 0.29) is 18.7 Å². The van der Waals surface area contributed by atoms with Crippen molar-refractivity contribution in [2.24, 2.45) is 7.05 Å². The van der Waals surface area contributed by atoms with Gasteiger partial charge >= 0.3 is 0 Å². The number of carbonyl (C=O) groups is 1. The van der Waals surface area contributed by atoms with E-state index in [0.717, 1.165) is 5.56 Å². The van der Waals surface area contributed by atoms with Crippen molar-refractivity contribution in [1.29, 1.82) is 0 Å². The van der Waals surface area contributed by atoms with Gasteiger partial charge < -0.3 is 19.5 Å². The summed E-state index contributed by atoms with van der Waals surface area (Å²) < 4.78 is 12.3. The number of hydrogen-bond donors (Lipinski definition) is 1. The molecule has 0 bridgehead atoms. The van der Waals surface area contributed by atoms with Crippen molar-refractivity contribution in [3.05, 3.63) is 41.7 Å². The molecule has 1 aromatic heterocycles. The quantitative estimate of drug-likeness (QED) is 0.908. The highest BCUT2D eigenvalue weighted by Gasteiger charge is 2.36. The maximum Gasteiger partial charge on any atom is 0.254 e. The van der Waals surface area contributed by atoms with E-state index in [9.17, 15) is 9.90 Å². The number of aryl methyl sites for hydroxylation is 1. The number of nitrogens with zero attached hydrogens (tertiary/aromatic N) is 3. The van der Waals surface area contributed by atoms with Gasteiger partial charge in [-0.2, -0.15) is 5.10 Å². The van der Waals surface area contributed by atoms with E-state index in [4.69, 9.17) is 9.47 Å². The fourth-order valence-electron chi connectivity index (χ4n) is 3.35. The molecule has 24 heavy (non-hydrogen) atoms. The van der Waals surface area contributed by atoms with Crippen molar-refractivity contribution in [3.63, 3.8) is 0 Å². The van der Waals surface area contributed by atoms with Gasteiger partial charge in [0.1, 0.15) is 0 Å². The molecule has 0 saturated carbocycles. The van der Waals surface area contributed by atoms with Gasteiger partial charge in [0.05, 0.1) is 18.3 Å². The zero-order chi connectivity index (χ0) is 16.7. The molecule has 2 aliphatic rings. The Labute approximate surface area is 139 Å². The van der Waals surface area contributed by atoms with Crippen LogP contribution in [0.2, 0.25) is 0 Å². The van der Waals surface area contributed by atoms with Crippen LogP contribution in [0, 0.1) is 0 Å². The predicted octanol–water partition coefficient (Wildman–Crippen LogP) is 0.967. The van der Waals surface area contributed by atoms with Crippen LogP contribution in [-0.4, -0.2) is 51.2 Å². The van der Waals surface area contributed by atoms with Crippen molar-refractivity contribution in [2.75, 3.05) is 13.3 Å². The van der Waals surface area contributed by atoms with Gasteiger partial charge in [-0.25, -0.2) is 0 Å². The van der Waals surface area contributed by atoms with Gasteiger partial charge in [-0.1, -0.05) is 0 Å². The van der Waals surface area contributed by atoms with E-state index < -0.39 is 6.10 Å². The van der Waals surface area contributed by atoms with Gasteiger partial charge in [-0.15, -0.1) is 0 Å². The highest BCUT2D eigenvalue weighted by Crippen LogP contribution is 2.33. The highest BCUT2D eigenvalue weighted by molar-refractivity contribution is 5.95. The van der Waals surface area contributed by atoms with Crippen LogP contribution in [-0.2, 0) is 13.5 Å². The largest absolute Gasteiger partial charge is 0.454 e. The van der Waals surface area contributed by atoms with Crippen LogP contribution in [0.1, 0.15) is 22.3 Å². The second-order valence-corrected chi connectivity index (χ2v) is 6.22. The van der Waals surface area contributed by atoms with Crippen LogP contribution < -0.4 is 9.47 Å². The van der Waals surface area contributed by atoms with Crippen LogP contribution in [0.3, 0.4) is 0 Å². The van der Waals surface area contributed by atoms with E-state index in [1.54, 1.807) is 34.0 Å². The monoisotopic (exact) mass is 329 g/mol. The number of carbonyl (C=O) groups excluding carboxylic acids is 1. The molecule has 7 nitrogen and oxygen atoms in total. The zero-order valence-corrected chi connectivity index (χ0v) is 13.4. The summed E-state index contributed by atoms with van der Waals surface area (Å²) in [6.45, 7) is 0.721. The molecule has 4 rings (SSSR count). The van der Waals surface area contributed by atoms with Crippen molar-refractivity contribution in [3.8, 4) is 11.5 Å². The first-order valence-electron chi connectivity index (χ1n) is 7.98. The van der Waals surface area contributed by atoms with Gasteiger partial charge in [0.2, 0.25) is 6.79 Å². The average Bonchev–Trinajstić information content (AvgIpc) is 3.28. The molecule has 1 N–H and O–H groups in total. The maximum atomic E-state index is 12.9. The molecule has 1 saturated heterocycles. The molecule has 1 aromatic carbocycles. The van der Waals surface area contributed by atoms with E-state index in [2.05, 4.69) is 5.10 Å². The third kappa shape index (κ3) is 2.60. The Kier molecular flexibility index (Phi) is 3.65. The fraction of sp³-hybridized carbons (Fsp3) is 0.412. The molecule has 0 unspecified atom stereocenters. The lowest BCUT2D eigenvalue weighted by Crippen LogP contribution is -2.41. The molecule has 0 aliphatic carbocycles. The summed E-state index contributed by atoms with van der Waals surface area (Å²) in [4.78, 5) is 14.6. The molecule has 1 amide bonds. The van der Waals surface area contributed by atoms with Gasteiger partial charge in [-0.05, 0) is 36.6 Å². The number of hydrogen-bond acceptors (Lipinski definition) is 5. The number of amides is 1. The molecule has 1 fully saturated rings. The number of likely N-dealkylation sites (tertiary alicyclic amines) is 1. The summed E-state index contributed by atoms with van der Waals surface area (Å²) in [7, 11) is 1.85. The number of benzene rings is 1. The first-order chi connectivity index (χ1) is 11.6. The number of aromatic nitrogens is 2. The number of aliphatic hydroxyl groups excluding tert-OH is 1. The van der Waals surface area contributed by atoms with Crippen LogP contribution in [0.5, 0.6) is 11.5 Å². The Bertz CT molecular complexity index is 773. The van der Waals surface area contributed by atoms with Crippen LogP contribution in [0.25, 0.3) is 0 Å². The number of ether oxygens (including phenoxy) is 2. The molecule has 2 atom stereocenters. The van der Waals surface area contributed by atoms with Crippen LogP contribution in [0.4, 0.5) is 0 Å². The minimum Gasteiger partial charge on any atom is -0.454 e. The Morgan fingerprint density at radius 1 is 1.38 bits per heavy atom. The van der Waals surface area contributed by atoms with Gasteiger partial charge in [0, 0.05) is 25.4 Å². The second-order valence-electron chi connectivity index (χ2n) is 6.22. The van der Waals surface area contributed by atoms with E-state index >= 15 is 0 Å². The minimum absolute atomic E-state index is 0.0984. The van der Waals surface area contributed by atoms with E-state index in [1.165, 1.54) is 0 Å². The Hall–Kier alpha value is -2.54. The van der Waals surface area contributed by atoms with Crippen molar-refractivity contribution < 1.29 is 19.4 Å². The molecule has 2 aliphatic heterocycles. The summed E-state index contributed by atoms with van der Waals surface area (Å²) >= 11 is 0. The summed E-state index contributed by atoms with van der Waals surface area (Å²) in [6, 6.07) is 4.95. The number of fused-ring (bicyclic) bond motifs is 1. The third-order valence-corrected chi connectivity index (χ3v) is 4.59. The van der Waals surface area contributed by atoms with Crippen molar-refractivity contribution in [2.45, 2.75) is 25.0 Å². The van der Waals surface area contributed by atoms with Crippen molar-refractivity contribution >= 4 is 5.91 Å². The second kappa shape index (κ2) is 5.83. The third-order valence-electron chi connectivity index (χ3n) is 4.59. The lowest BCUT2D eigenvalue weighted by Gasteiger charge is -2.26. The lowest BCUT2D eigenvalue weighted by molar-refractivity contribution is 0.0639. The summed E-state index contributed by atoms with van der Waals surface area (Å²) in [5, 5.41) is 14.5. The summed E-state index contributed by atoms with van der Waals surface area (Å²) in [5.74, 6) is 1.14. The SMILES string of the molecule is Cn1cc(C[C@H]2[C@H](O)CCN2C(=O)c2ccc3c(c2)OCO3)cn1. The van der Waals surface area contributed by atoms with Gasteiger partial charge in [0.15, 0.2) is 11.5 Å². The molecule has 3 heterocycles. The number of aliphatic hydroxyl groups is 1. The highest BCUT2D eigenvalue weighted by atomic mass is 16.7. The lowest BCUT2D eigenvalue weighted by atomic mass is 10.0. The van der Waals surface area contributed by atoms with Gasteiger partial charge in [-0.3, -0.25) is 9.48 Å². The minimum atomic E-state index is -0.525. The molecule has 2 aromatic rings. The fourth-order valence-corrected chi connectivity index (χ4v) is 3.35. The van der Waals surface area contributed by atoms with E-state index in [1.807, 2.05) is 13.2 Å². The van der Waals surface area contributed by atoms with Crippen molar-refractivity contribution in [1.82, 2.24) is 14.7 Å². The Balaban J connectivity index is 1.56. The first kappa shape index (κ1) is 15.0. The van der Waals surface area contributed by atoms with E-state index in [0.29, 0.717) is 36.4 Å². The first-order valence-corrected chi connectivity index (χ1v) is 7.98. The number of rotatable bonds is 3. The van der Waals surface area contributed by atoms with Gasteiger partial charge in [0.25, 0.3) is 5.91 Å². The summed E-state index contributed by atoms with van der Waals surface area (Å²) in [6.07, 6.45) is 4.33. The molecular formula is C17H19N3O4. The summed E-state index contributed by atoms with van der Waals surface area (Å²) in [5.41, 5.74) is 1.55. The Morgan fingerprint density at radius 2 is 2.21 bits per heavy atom. The van der Waals surface area contributed by atoms with Crippen LogP contribution in [0.15, 0.2) is 30.6 Å². The molecule has 7 heteroatoms. The molecule has 0 radical (unpaired) electrons. The van der Waals surface area contributed by atoms with Crippen LogP contribution >= 0.6 is 0 Å². The maximum absolute atomic E-state index is 12.9. The molecule has 126 valence electrons.